The zero-order chi connectivity index (χ0) is 89.0. The van der Waals surface area contributed by atoms with Crippen molar-refractivity contribution in [1.82, 2.24) is 31.9 Å². The van der Waals surface area contributed by atoms with E-state index in [9.17, 15) is 95.1 Å². The summed E-state index contributed by atoms with van der Waals surface area (Å²) in [6, 6.07) is 40.6. The Hall–Kier alpha value is -8.45. The number of amides is 18. The maximum atomic E-state index is 12.9. The molecule has 0 aliphatic carbocycles. The number of nitrogens with one attached hydrogen (secondary N) is 6. The van der Waals surface area contributed by atoms with Crippen LogP contribution < -0.4 is 31.9 Å². The van der Waals surface area contributed by atoms with Crippen LogP contribution in [0.15, 0.2) is 121 Å². The summed E-state index contributed by atoms with van der Waals surface area (Å²) in [6.45, 7) is 24.0. The van der Waals surface area contributed by atoms with E-state index in [4.69, 9.17) is 23.2 Å². The second-order valence-corrected chi connectivity index (χ2v) is 23.4. The van der Waals surface area contributed by atoms with Gasteiger partial charge in [0.05, 0.1) is 0 Å². The molecule has 6 aliphatic rings. The Morgan fingerprint density at radius 1 is 0.274 bits per heavy atom. The predicted molar refractivity (Wildman–Crippen MR) is 433 cm³/mol. The van der Waals surface area contributed by atoms with E-state index < -0.39 is 119 Å². The van der Waals surface area contributed by atoms with Crippen LogP contribution in [0.5, 0.6) is 0 Å². The summed E-state index contributed by atoms with van der Waals surface area (Å²) >= 11 is 11.4. The maximum Gasteiger partial charge on any atom is 2.00 e. The number of hydrogen-bond acceptors (Lipinski definition) is 18. The van der Waals surface area contributed by atoms with Crippen molar-refractivity contribution in [3.05, 3.63) is 245 Å². The van der Waals surface area contributed by atoms with E-state index in [1.54, 1.807) is 72.8 Å². The molecule has 40 heteroatoms. The van der Waals surface area contributed by atoms with Crippen LogP contribution in [0.3, 0.4) is 0 Å². The largest absolute Gasteiger partial charge is 2.00 e. The molecule has 12 rings (SSSR count). The molecular formula is C84H92Cl2F2N12O18W6. The Balaban J connectivity index is -0.000000325. The van der Waals surface area contributed by atoms with Gasteiger partial charge in [-0.2, -0.15) is 0 Å². The van der Waals surface area contributed by atoms with E-state index in [1.165, 1.54) is 36.4 Å². The number of halogens is 4. The molecule has 6 aliphatic heterocycles. The van der Waals surface area contributed by atoms with Crippen molar-refractivity contribution in [2.45, 2.75) is 196 Å². The molecule has 0 aromatic heterocycles. The Kier molecular flexibility index (Phi) is 73.0. The van der Waals surface area contributed by atoms with Gasteiger partial charge in [0.2, 0.25) is 70.9 Å². The summed E-state index contributed by atoms with van der Waals surface area (Å²) < 4.78 is 25.7. The van der Waals surface area contributed by atoms with Gasteiger partial charge in [0.25, 0.3) is 0 Å². The molecule has 0 radical (unpaired) electrons. The Bertz CT molecular complexity index is 3980. The number of carbonyl (C=O) groups excluding carboxylic acids is 18. The second kappa shape index (κ2) is 71.7. The zero-order valence-electron chi connectivity index (χ0n) is 69.5. The molecule has 30 nitrogen and oxygen atoms in total. The minimum Gasteiger partial charge on any atom is -0.684 e. The van der Waals surface area contributed by atoms with Crippen molar-refractivity contribution in [3.8, 4) is 0 Å². The van der Waals surface area contributed by atoms with E-state index >= 15 is 0 Å². The number of carbonyl (C=O) groups is 18. The van der Waals surface area contributed by atoms with Gasteiger partial charge in [-0.05, 0) is 120 Å². The molecule has 6 fully saturated rings. The average Bonchev–Trinajstić information content (AvgIpc) is 0.864. The van der Waals surface area contributed by atoms with E-state index in [-0.39, 0.29) is 261 Å². The molecule has 6 N–H and O–H groups in total. The summed E-state index contributed by atoms with van der Waals surface area (Å²) in [5, 5.41) is 35.8. The van der Waals surface area contributed by atoms with Gasteiger partial charge in [-0.15, -0.1) is 214 Å². The van der Waals surface area contributed by atoms with Crippen molar-refractivity contribution in [3.63, 3.8) is 0 Å². The van der Waals surface area contributed by atoms with Crippen molar-refractivity contribution >= 4 is 130 Å². The van der Waals surface area contributed by atoms with Gasteiger partial charge in [-0.3, -0.25) is 89.4 Å². The zero-order valence-corrected chi connectivity index (χ0v) is 88.6. The molecule has 124 heavy (non-hydrogen) atoms. The Morgan fingerprint density at radius 3 is 0.621 bits per heavy atom. The van der Waals surface area contributed by atoms with Crippen LogP contribution in [-0.2, 0) is 184 Å². The second-order valence-electron chi connectivity index (χ2n) is 22.6. The SMILES string of the molecule is CC.CC.CC.CC.CC.CC.O=C1CCC([N-]C(=O)c2[c-]c(Cl)ccc2)C(=O)N1.O=C1CCC([N-]C(=O)c2[c-]c(Cl)ccc2)C(=O)N1.O=C1CC[C@@H]([N-]C(=O)c2[c-]c(F)ccc2)C(=O)N1.O=C1CC[C@@H]([N-]C(=O)c2[c-]c(F)ccc2)C(=O)N1.O=C1CC[C@@H]([N-]C(=O)c2[c-]cccc2)C(=O)N1.O=C1CC[C@@H]([N-]C(=O)c2[c-]cccc2)C(=O)N1.[W+2].[W+2].[W+2].[W+2].[W+2].[W+2]. The summed E-state index contributed by atoms with van der Waals surface area (Å²) in [5.41, 5.74) is 0.952. The Labute approximate surface area is 816 Å². The smallest absolute Gasteiger partial charge is 0.684 e. The van der Waals surface area contributed by atoms with Gasteiger partial charge >= 0.3 is 126 Å². The van der Waals surface area contributed by atoms with Gasteiger partial charge in [0.15, 0.2) is 0 Å². The van der Waals surface area contributed by atoms with Gasteiger partial charge < -0.3 is 60.7 Å². The summed E-state index contributed by atoms with van der Waals surface area (Å²) in [6.07, 6.45) is 2.51. The standard InChI is InChI=1S/2C12H10ClN2O3.2C12H10FN2O3.2C12H11N2O3.6C2H6.6W/c4*13-8-3-1-2-7(6-8)11(17)14-9-4-5-10(16)15-12(9)18;2*15-10-7-6-9(12(17)14-10)13-11(16)8-4-2-1-3-5-8;6*1-2;;;;;;/h4*1-3,9H,4-5H2,(H2,14,15,16,17,18);2*1-4,9H,6-7H2,(H2,13,14,15,16,17);6*1-2H3;;;;;;/q6*-1;;;;;;;6*+2/p-6/t;;4*9-;;;;;;;;;;;;/m..1111............/s1. The molecule has 2 unspecified atom stereocenters. The van der Waals surface area contributed by atoms with Crippen LogP contribution in [0.2, 0.25) is 10.0 Å². The van der Waals surface area contributed by atoms with E-state index in [0.29, 0.717) is 21.2 Å². The topological polar surface area (TPSA) is 464 Å². The van der Waals surface area contributed by atoms with Crippen molar-refractivity contribution in [2.75, 3.05) is 0 Å². The van der Waals surface area contributed by atoms with Gasteiger partial charge in [0.1, 0.15) is 0 Å². The van der Waals surface area contributed by atoms with Gasteiger partial charge in [-0.1, -0.05) is 83.1 Å². The molecule has 18 amide bonds. The normalized spacial score (nSPS) is 16.9. The molecule has 0 bridgehead atoms. The average molecular weight is 2770 g/mol. The third-order valence-electron chi connectivity index (χ3n) is 14.7. The summed E-state index contributed by atoms with van der Waals surface area (Å²) in [5.74, 6) is -10.2. The number of rotatable bonds is 12. The molecule has 0 spiro atoms. The van der Waals surface area contributed by atoms with Crippen LogP contribution in [0.1, 0.15) is 222 Å². The van der Waals surface area contributed by atoms with Crippen LogP contribution in [-0.4, -0.2) is 143 Å². The molecule has 660 valence electrons. The molecular weight excluding hydrogens is 2680 g/mol. The van der Waals surface area contributed by atoms with Crippen molar-refractivity contribution in [1.29, 1.82) is 0 Å². The monoisotopic (exact) mass is 2770 g/mol. The molecule has 6 heterocycles. The van der Waals surface area contributed by atoms with Crippen molar-refractivity contribution in [2.24, 2.45) is 0 Å². The van der Waals surface area contributed by atoms with Crippen LogP contribution in [0, 0.1) is 48.0 Å². The van der Waals surface area contributed by atoms with E-state index in [2.05, 4.69) is 100 Å². The number of imide groups is 6. The van der Waals surface area contributed by atoms with Crippen LogP contribution >= 0.6 is 23.2 Å². The fourth-order valence-corrected chi connectivity index (χ4v) is 9.76. The number of hydrogen-bond donors (Lipinski definition) is 6. The number of piperidine rings is 6. The minimum atomic E-state index is -0.896. The first-order chi connectivity index (χ1) is 56.6. The quantitative estimate of drug-likeness (QED) is 0.0489. The fourth-order valence-electron chi connectivity index (χ4n) is 9.41. The van der Waals surface area contributed by atoms with E-state index in [0.717, 1.165) is 12.1 Å². The molecule has 6 atom stereocenters. The first-order valence-corrected chi connectivity index (χ1v) is 38.5. The maximum absolute atomic E-state index is 12.9. The van der Waals surface area contributed by atoms with Crippen LogP contribution in [0.4, 0.5) is 8.78 Å². The van der Waals surface area contributed by atoms with Crippen LogP contribution in [0.25, 0.3) is 31.9 Å². The molecule has 0 saturated carbocycles. The fraction of sp³-hybridized carbons (Fsp3) is 0.357. The summed E-state index contributed by atoms with van der Waals surface area (Å²) in [7, 11) is 0. The third-order valence-corrected chi connectivity index (χ3v) is 15.2. The molecule has 6 saturated heterocycles. The number of benzene rings is 6. The van der Waals surface area contributed by atoms with Crippen molar-refractivity contribution < 1.29 is 221 Å². The number of nitrogens with zero attached hydrogens (tertiary/aromatic N) is 6. The van der Waals surface area contributed by atoms with Gasteiger partial charge in [0, 0.05) is 50.2 Å². The Morgan fingerprint density at radius 2 is 0.452 bits per heavy atom. The molecule has 6 aromatic carbocycles. The predicted octanol–water partition coefficient (Wildman–Crippen LogP) is 12.6. The minimum absolute atomic E-state index is 0. The summed E-state index contributed by atoms with van der Waals surface area (Å²) in [4.78, 5) is 204. The molecule has 6 aromatic rings. The van der Waals surface area contributed by atoms with Gasteiger partial charge in [-0.25, -0.2) is 8.78 Å². The first kappa shape index (κ1) is 126. The van der Waals surface area contributed by atoms with E-state index in [1.807, 2.05) is 83.1 Å². The first-order valence-electron chi connectivity index (χ1n) is 37.8. The third kappa shape index (κ3) is 47.8.